The molecule has 1 aromatic heterocycles. The van der Waals surface area contributed by atoms with E-state index in [-0.39, 0.29) is 11.8 Å². The lowest BCUT2D eigenvalue weighted by molar-refractivity contribution is 0.315. The molecule has 4 N–H and O–H groups in total. The van der Waals surface area contributed by atoms with Crippen molar-refractivity contribution in [3.05, 3.63) is 56.7 Å². The van der Waals surface area contributed by atoms with Crippen LogP contribution in [0.2, 0.25) is 0 Å². The number of hydrogen-bond acceptors (Lipinski definition) is 4. The minimum Gasteiger partial charge on any atom is -0.409 e. The summed E-state index contributed by atoms with van der Waals surface area (Å²) >= 11 is 5.14. The number of thiophene rings is 1. The largest absolute Gasteiger partial charge is 0.409 e. The minimum atomic E-state index is -0.135. The van der Waals surface area contributed by atoms with E-state index in [9.17, 15) is 0 Å². The van der Waals surface area contributed by atoms with Crippen LogP contribution < -0.4 is 11.1 Å². The first kappa shape index (κ1) is 15.0. The standard InChI is InChI=1S/C14H16BrN3OS/c15-13-7-6-11(20-13)8-17-9-12(14(16)18-19)10-4-2-1-3-5-10/h1-7,12,17,19H,8-9H2,(H2,16,18). The first-order chi connectivity index (χ1) is 9.70. The average molecular weight is 354 g/mol. The molecular weight excluding hydrogens is 338 g/mol. The molecule has 0 amide bonds. The Morgan fingerprint density at radius 3 is 2.65 bits per heavy atom. The molecular formula is C14H16BrN3OS. The Kier molecular flexibility index (Phi) is 5.58. The summed E-state index contributed by atoms with van der Waals surface area (Å²) < 4.78 is 1.12. The van der Waals surface area contributed by atoms with Gasteiger partial charge in [0.25, 0.3) is 0 Å². The van der Waals surface area contributed by atoms with Gasteiger partial charge in [-0.1, -0.05) is 35.5 Å². The third-order valence-corrected chi connectivity index (χ3v) is 4.57. The monoisotopic (exact) mass is 353 g/mol. The molecule has 106 valence electrons. The van der Waals surface area contributed by atoms with Crippen LogP contribution in [0, 0.1) is 0 Å². The summed E-state index contributed by atoms with van der Waals surface area (Å²) in [6, 6.07) is 13.9. The number of oxime groups is 1. The fraction of sp³-hybridized carbons (Fsp3) is 0.214. The van der Waals surface area contributed by atoms with E-state index in [1.165, 1.54) is 4.88 Å². The summed E-state index contributed by atoms with van der Waals surface area (Å²) in [6.07, 6.45) is 0. The Balaban J connectivity index is 1.98. The van der Waals surface area contributed by atoms with Crippen LogP contribution in [0.3, 0.4) is 0 Å². The molecule has 6 heteroatoms. The van der Waals surface area contributed by atoms with Crippen LogP contribution in [0.25, 0.3) is 0 Å². The molecule has 0 fully saturated rings. The lowest BCUT2D eigenvalue weighted by Crippen LogP contribution is -2.31. The van der Waals surface area contributed by atoms with Crippen molar-refractivity contribution < 1.29 is 5.21 Å². The van der Waals surface area contributed by atoms with Crippen LogP contribution >= 0.6 is 27.3 Å². The molecule has 0 radical (unpaired) electrons. The highest BCUT2D eigenvalue weighted by atomic mass is 79.9. The fourth-order valence-corrected chi connectivity index (χ4v) is 3.39. The summed E-state index contributed by atoms with van der Waals surface area (Å²) in [5.74, 6) is 0.0839. The molecule has 1 atom stereocenters. The molecule has 1 unspecified atom stereocenters. The smallest absolute Gasteiger partial charge is 0.147 e. The number of amidine groups is 1. The van der Waals surface area contributed by atoms with E-state index in [4.69, 9.17) is 10.9 Å². The minimum absolute atomic E-state index is 0.135. The van der Waals surface area contributed by atoms with Crippen molar-refractivity contribution >= 4 is 33.1 Å². The second-order valence-corrected chi connectivity index (χ2v) is 6.87. The quantitative estimate of drug-likeness (QED) is 0.323. The van der Waals surface area contributed by atoms with Crippen LogP contribution in [0.15, 0.2) is 51.4 Å². The van der Waals surface area contributed by atoms with Gasteiger partial charge in [0.05, 0.1) is 9.70 Å². The van der Waals surface area contributed by atoms with E-state index in [1.807, 2.05) is 36.4 Å². The van der Waals surface area contributed by atoms with E-state index < -0.39 is 0 Å². The highest BCUT2D eigenvalue weighted by molar-refractivity contribution is 9.11. The van der Waals surface area contributed by atoms with E-state index in [1.54, 1.807) is 11.3 Å². The maximum Gasteiger partial charge on any atom is 0.147 e. The van der Waals surface area contributed by atoms with Gasteiger partial charge in [0.1, 0.15) is 5.84 Å². The molecule has 0 aliphatic rings. The fourth-order valence-electron chi connectivity index (χ4n) is 1.93. The zero-order valence-electron chi connectivity index (χ0n) is 10.8. The molecule has 1 aromatic carbocycles. The van der Waals surface area contributed by atoms with Crippen molar-refractivity contribution in [3.63, 3.8) is 0 Å². The second-order valence-electron chi connectivity index (χ2n) is 4.32. The van der Waals surface area contributed by atoms with Gasteiger partial charge in [-0.05, 0) is 33.6 Å². The van der Waals surface area contributed by atoms with Gasteiger partial charge in [-0.3, -0.25) is 0 Å². The van der Waals surface area contributed by atoms with Gasteiger partial charge in [-0.15, -0.1) is 11.3 Å². The molecule has 0 saturated carbocycles. The summed E-state index contributed by atoms with van der Waals surface area (Å²) in [5.41, 5.74) is 6.82. The third-order valence-electron chi connectivity index (χ3n) is 2.95. The van der Waals surface area contributed by atoms with Gasteiger partial charge in [-0.25, -0.2) is 0 Å². The summed E-state index contributed by atoms with van der Waals surface area (Å²) in [6.45, 7) is 1.38. The maximum atomic E-state index is 8.92. The Hall–Kier alpha value is -1.37. The Bertz CT molecular complexity index is 571. The lowest BCUT2D eigenvalue weighted by atomic mass is 9.98. The van der Waals surface area contributed by atoms with Crippen molar-refractivity contribution in [3.8, 4) is 0 Å². The van der Waals surface area contributed by atoms with E-state index in [0.717, 1.165) is 15.9 Å². The molecule has 4 nitrogen and oxygen atoms in total. The summed E-state index contributed by atoms with van der Waals surface area (Å²) in [5, 5.41) is 15.4. The Labute approximate surface area is 130 Å². The van der Waals surface area contributed by atoms with Crippen molar-refractivity contribution in [2.75, 3.05) is 6.54 Å². The SMILES string of the molecule is NC(=NO)C(CNCc1ccc(Br)s1)c1ccccc1. The van der Waals surface area contributed by atoms with Gasteiger partial charge in [-0.2, -0.15) is 0 Å². The highest BCUT2D eigenvalue weighted by Crippen LogP contribution is 2.22. The van der Waals surface area contributed by atoms with Crippen molar-refractivity contribution in [1.29, 1.82) is 0 Å². The second kappa shape index (κ2) is 7.42. The zero-order chi connectivity index (χ0) is 14.4. The molecule has 2 rings (SSSR count). The number of nitrogens with one attached hydrogen (secondary N) is 1. The molecule has 0 bridgehead atoms. The topological polar surface area (TPSA) is 70.6 Å². The van der Waals surface area contributed by atoms with Gasteiger partial charge in [0.15, 0.2) is 0 Å². The summed E-state index contributed by atoms with van der Waals surface area (Å²) in [4.78, 5) is 1.24. The number of nitrogens with two attached hydrogens (primary N) is 1. The predicted octanol–water partition coefficient (Wildman–Crippen LogP) is 3.13. The Morgan fingerprint density at radius 2 is 2.05 bits per heavy atom. The molecule has 0 saturated heterocycles. The van der Waals surface area contributed by atoms with Gasteiger partial charge < -0.3 is 16.3 Å². The maximum absolute atomic E-state index is 8.92. The number of benzene rings is 1. The summed E-state index contributed by atoms with van der Waals surface area (Å²) in [7, 11) is 0. The van der Waals surface area contributed by atoms with Crippen molar-refractivity contribution in [2.45, 2.75) is 12.5 Å². The van der Waals surface area contributed by atoms with E-state index in [2.05, 4.69) is 32.5 Å². The average Bonchev–Trinajstić information content (AvgIpc) is 2.89. The first-order valence-corrected chi connectivity index (χ1v) is 7.79. The van der Waals surface area contributed by atoms with E-state index >= 15 is 0 Å². The number of hydrogen-bond donors (Lipinski definition) is 3. The van der Waals surface area contributed by atoms with Crippen LogP contribution in [-0.2, 0) is 6.54 Å². The molecule has 0 spiro atoms. The normalized spacial score (nSPS) is 13.3. The molecule has 1 heterocycles. The number of nitrogens with zero attached hydrogens (tertiary/aromatic N) is 1. The zero-order valence-corrected chi connectivity index (χ0v) is 13.2. The Morgan fingerprint density at radius 1 is 1.30 bits per heavy atom. The van der Waals surface area contributed by atoms with Crippen LogP contribution in [-0.4, -0.2) is 17.6 Å². The molecule has 2 aromatic rings. The number of halogens is 1. The van der Waals surface area contributed by atoms with Crippen LogP contribution in [0.4, 0.5) is 0 Å². The van der Waals surface area contributed by atoms with Crippen LogP contribution in [0.1, 0.15) is 16.4 Å². The molecule has 0 aliphatic carbocycles. The van der Waals surface area contributed by atoms with Crippen molar-refractivity contribution in [1.82, 2.24) is 5.32 Å². The predicted molar refractivity (Wildman–Crippen MR) is 86.3 cm³/mol. The van der Waals surface area contributed by atoms with Gasteiger partial charge >= 0.3 is 0 Å². The number of rotatable bonds is 6. The third kappa shape index (κ3) is 4.06. The molecule has 0 aliphatic heterocycles. The lowest BCUT2D eigenvalue weighted by Gasteiger charge is -2.16. The van der Waals surface area contributed by atoms with E-state index in [0.29, 0.717) is 6.54 Å². The van der Waals surface area contributed by atoms with Crippen molar-refractivity contribution in [2.24, 2.45) is 10.9 Å². The van der Waals surface area contributed by atoms with Gasteiger partial charge in [0.2, 0.25) is 0 Å². The van der Waals surface area contributed by atoms with Gasteiger partial charge in [0, 0.05) is 18.0 Å². The van der Waals surface area contributed by atoms with Crippen LogP contribution in [0.5, 0.6) is 0 Å². The molecule has 20 heavy (non-hydrogen) atoms. The first-order valence-electron chi connectivity index (χ1n) is 6.18. The highest BCUT2D eigenvalue weighted by Gasteiger charge is 2.16.